The molecule has 138 valence electrons. The van der Waals surface area contributed by atoms with Gasteiger partial charge in [0.25, 0.3) is 0 Å². The van der Waals surface area contributed by atoms with Crippen LogP contribution in [0.25, 0.3) is 10.9 Å². The summed E-state index contributed by atoms with van der Waals surface area (Å²) in [5.74, 6) is 0.510. The number of aromatic amines is 1. The van der Waals surface area contributed by atoms with Gasteiger partial charge < -0.3 is 15.2 Å². The van der Waals surface area contributed by atoms with Crippen LogP contribution in [0.15, 0.2) is 18.2 Å². The average molecular weight is 354 g/mol. The first-order valence-corrected chi connectivity index (χ1v) is 9.29. The number of hydrogen-bond donors (Lipinski definition) is 3. The number of aromatic nitrogens is 1. The fourth-order valence-electron chi connectivity index (χ4n) is 4.91. The zero-order chi connectivity index (χ0) is 18.4. The van der Waals surface area contributed by atoms with E-state index in [2.05, 4.69) is 52.7 Å². The Balaban J connectivity index is 1.56. The molecule has 1 aromatic heterocycles. The first kappa shape index (κ1) is 17.1. The molecular formula is C20H26N4O2. The van der Waals surface area contributed by atoms with Crippen LogP contribution in [0, 0.1) is 12.8 Å². The van der Waals surface area contributed by atoms with Crippen molar-refractivity contribution in [2.45, 2.75) is 38.6 Å². The number of rotatable bonds is 2. The summed E-state index contributed by atoms with van der Waals surface area (Å²) in [7, 11) is 2.19. The number of aryl methyl sites for hydroxylation is 1. The molecule has 1 aliphatic carbocycles. The van der Waals surface area contributed by atoms with Crippen molar-refractivity contribution >= 4 is 22.8 Å². The number of urea groups is 1. The van der Waals surface area contributed by atoms with Gasteiger partial charge in [0.1, 0.15) is 0 Å². The standard InChI is InChI=1S/C20H26N4O2/c1-11-15-8-18-16(14-5-4-6-17(22-11)19(14)15)7-13(10-24(18)3)9-21-20(26)23-12(2)25/h4-6,13,16,18,22H,7-10H2,1-3H3,(H2,21,23,25,26)/t13-,16+,18+/m0/s1. The zero-order valence-electron chi connectivity index (χ0n) is 15.6. The number of H-pyrrole nitrogens is 1. The van der Waals surface area contributed by atoms with Crippen LogP contribution in [0.1, 0.15) is 36.1 Å². The van der Waals surface area contributed by atoms with Gasteiger partial charge in [0.05, 0.1) is 0 Å². The molecule has 0 spiro atoms. The van der Waals surface area contributed by atoms with E-state index in [0.29, 0.717) is 24.4 Å². The van der Waals surface area contributed by atoms with Gasteiger partial charge in [-0.2, -0.15) is 0 Å². The lowest BCUT2D eigenvalue weighted by Gasteiger charge is -2.45. The van der Waals surface area contributed by atoms with Crippen molar-refractivity contribution in [2.24, 2.45) is 5.92 Å². The third-order valence-corrected chi connectivity index (χ3v) is 5.99. The molecule has 4 rings (SSSR count). The van der Waals surface area contributed by atoms with Crippen molar-refractivity contribution < 1.29 is 9.59 Å². The Kier molecular flexibility index (Phi) is 4.23. The third kappa shape index (κ3) is 2.88. The molecule has 2 aliphatic rings. The van der Waals surface area contributed by atoms with Crippen LogP contribution < -0.4 is 10.6 Å². The van der Waals surface area contributed by atoms with Crippen molar-refractivity contribution in [1.82, 2.24) is 20.5 Å². The molecule has 2 heterocycles. The number of likely N-dealkylation sites (tertiary alicyclic amines) is 1. The number of nitrogens with zero attached hydrogens (tertiary/aromatic N) is 1. The van der Waals surface area contributed by atoms with Crippen LogP contribution in [-0.2, 0) is 11.2 Å². The number of fused-ring (bicyclic) bond motifs is 2. The molecule has 3 N–H and O–H groups in total. The largest absolute Gasteiger partial charge is 0.358 e. The van der Waals surface area contributed by atoms with Crippen LogP contribution in [0.3, 0.4) is 0 Å². The maximum Gasteiger partial charge on any atom is 0.321 e. The Labute approximate surface area is 153 Å². The van der Waals surface area contributed by atoms with Crippen molar-refractivity contribution in [1.29, 1.82) is 0 Å². The Hall–Kier alpha value is -2.34. The van der Waals surface area contributed by atoms with Crippen molar-refractivity contribution in [3.63, 3.8) is 0 Å². The maximum atomic E-state index is 11.7. The van der Waals surface area contributed by atoms with E-state index in [-0.39, 0.29) is 5.91 Å². The van der Waals surface area contributed by atoms with Gasteiger partial charge in [0.15, 0.2) is 0 Å². The highest BCUT2D eigenvalue weighted by Crippen LogP contribution is 2.45. The molecule has 6 nitrogen and oxygen atoms in total. The third-order valence-electron chi connectivity index (χ3n) is 5.99. The van der Waals surface area contributed by atoms with E-state index in [1.54, 1.807) is 0 Å². The molecule has 2 aromatic rings. The summed E-state index contributed by atoms with van der Waals surface area (Å²) < 4.78 is 0. The van der Waals surface area contributed by atoms with Gasteiger partial charge in [-0.3, -0.25) is 10.1 Å². The number of imide groups is 1. The van der Waals surface area contributed by atoms with Crippen molar-refractivity contribution in [2.75, 3.05) is 20.1 Å². The van der Waals surface area contributed by atoms with Gasteiger partial charge in [-0.1, -0.05) is 12.1 Å². The fraction of sp³-hybridized carbons (Fsp3) is 0.500. The number of hydrogen-bond acceptors (Lipinski definition) is 3. The number of carbonyl (C=O) groups is 2. The van der Waals surface area contributed by atoms with Gasteiger partial charge >= 0.3 is 6.03 Å². The quantitative estimate of drug-likeness (QED) is 0.774. The molecule has 0 bridgehead atoms. The second-order valence-electron chi connectivity index (χ2n) is 7.81. The lowest BCUT2D eigenvalue weighted by Crippen LogP contribution is -2.51. The first-order valence-electron chi connectivity index (χ1n) is 9.29. The van der Waals surface area contributed by atoms with Crippen molar-refractivity contribution in [3.8, 4) is 0 Å². The monoisotopic (exact) mass is 354 g/mol. The summed E-state index contributed by atoms with van der Waals surface area (Å²) >= 11 is 0. The Morgan fingerprint density at radius 2 is 2.15 bits per heavy atom. The summed E-state index contributed by atoms with van der Waals surface area (Å²) in [4.78, 5) is 28.7. The number of amides is 3. The lowest BCUT2D eigenvalue weighted by atomic mass is 9.72. The van der Waals surface area contributed by atoms with E-state index in [9.17, 15) is 9.59 Å². The normalized spacial score (nSPS) is 25.0. The van der Waals surface area contributed by atoms with Crippen LogP contribution in [-0.4, -0.2) is 48.0 Å². The molecule has 26 heavy (non-hydrogen) atoms. The Bertz CT molecular complexity index is 872. The van der Waals surface area contributed by atoms with Crippen LogP contribution in [0.5, 0.6) is 0 Å². The summed E-state index contributed by atoms with van der Waals surface area (Å²) in [6.07, 6.45) is 2.13. The number of carbonyl (C=O) groups excluding carboxylic acids is 2. The minimum Gasteiger partial charge on any atom is -0.358 e. The second-order valence-corrected chi connectivity index (χ2v) is 7.81. The number of likely N-dealkylation sites (N-methyl/N-ethyl adjacent to an activating group) is 1. The molecule has 0 radical (unpaired) electrons. The minimum absolute atomic E-state index is 0.336. The fourth-order valence-corrected chi connectivity index (χ4v) is 4.91. The van der Waals surface area contributed by atoms with Gasteiger partial charge in [-0.15, -0.1) is 0 Å². The van der Waals surface area contributed by atoms with E-state index < -0.39 is 6.03 Å². The second kappa shape index (κ2) is 6.43. The smallest absolute Gasteiger partial charge is 0.321 e. The molecule has 0 unspecified atom stereocenters. The summed E-state index contributed by atoms with van der Waals surface area (Å²) in [6, 6.07) is 6.67. The molecule has 6 heteroatoms. The highest BCUT2D eigenvalue weighted by Gasteiger charge is 2.39. The molecule has 3 atom stereocenters. The predicted octanol–water partition coefficient (Wildman–Crippen LogP) is 2.28. The summed E-state index contributed by atoms with van der Waals surface area (Å²) in [6.45, 7) is 5.05. The first-order chi connectivity index (χ1) is 12.4. The lowest BCUT2D eigenvalue weighted by molar-refractivity contribution is -0.117. The summed E-state index contributed by atoms with van der Waals surface area (Å²) in [5.41, 5.74) is 5.41. The Morgan fingerprint density at radius 1 is 1.35 bits per heavy atom. The number of piperidine rings is 1. The molecule has 1 aliphatic heterocycles. The van der Waals surface area contributed by atoms with E-state index in [1.807, 2.05) is 0 Å². The van der Waals surface area contributed by atoms with Gasteiger partial charge in [-0.05, 0) is 49.9 Å². The average Bonchev–Trinajstić information content (AvgIpc) is 2.90. The predicted molar refractivity (Wildman–Crippen MR) is 101 cm³/mol. The number of benzene rings is 1. The highest BCUT2D eigenvalue weighted by atomic mass is 16.2. The van der Waals surface area contributed by atoms with Crippen LogP contribution in [0.4, 0.5) is 4.79 Å². The van der Waals surface area contributed by atoms with Gasteiger partial charge in [0, 0.05) is 48.6 Å². The number of nitrogens with one attached hydrogen (secondary N) is 3. The highest BCUT2D eigenvalue weighted by molar-refractivity contribution is 5.93. The zero-order valence-corrected chi connectivity index (χ0v) is 15.6. The molecule has 1 saturated heterocycles. The minimum atomic E-state index is -0.406. The molecule has 1 fully saturated rings. The van der Waals surface area contributed by atoms with E-state index in [1.165, 1.54) is 34.6 Å². The van der Waals surface area contributed by atoms with E-state index in [4.69, 9.17) is 0 Å². The van der Waals surface area contributed by atoms with E-state index >= 15 is 0 Å². The maximum absolute atomic E-state index is 11.7. The van der Waals surface area contributed by atoms with Crippen LogP contribution in [0.2, 0.25) is 0 Å². The van der Waals surface area contributed by atoms with Crippen LogP contribution >= 0.6 is 0 Å². The van der Waals surface area contributed by atoms with E-state index in [0.717, 1.165) is 19.4 Å². The molecule has 3 amide bonds. The van der Waals surface area contributed by atoms with Gasteiger partial charge in [-0.25, -0.2) is 4.79 Å². The topological polar surface area (TPSA) is 77.2 Å². The molecule has 0 saturated carbocycles. The molecule has 1 aromatic carbocycles. The van der Waals surface area contributed by atoms with Gasteiger partial charge in [0.2, 0.25) is 5.91 Å². The van der Waals surface area contributed by atoms with Crippen molar-refractivity contribution in [3.05, 3.63) is 35.0 Å². The summed E-state index contributed by atoms with van der Waals surface area (Å²) in [5, 5.41) is 6.52. The SMILES string of the molecule is CC(=O)NC(=O)NC[C@@H]1C[C@@H]2c3cccc4[nH]c(C)c(c34)C[C@H]2N(C)C1. The Morgan fingerprint density at radius 3 is 2.92 bits per heavy atom. The molecular weight excluding hydrogens is 328 g/mol.